The first-order valence-corrected chi connectivity index (χ1v) is 12.1. The molecule has 2 aliphatic rings. The summed E-state index contributed by atoms with van der Waals surface area (Å²) in [6.07, 6.45) is 4.35. The van der Waals surface area contributed by atoms with E-state index in [0.29, 0.717) is 6.54 Å². The Hall–Kier alpha value is -2.24. The zero-order valence-electron chi connectivity index (χ0n) is 19.2. The van der Waals surface area contributed by atoms with Crippen molar-refractivity contribution >= 4 is 5.91 Å². The number of nitrogens with zero attached hydrogens (tertiary/aromatic N) is 2. The van der Waals surface area contributed by atoms with Crippen molar-refractivity contribution in [2.24, 2.45) is 11.8 Å². The summed E-state index contributed by atoms with van der Waals surface area (Å²) in [6.45, 7) is 8.98. The van der Waals surface area contributed by atoms with Gasteiger partial charge in [0.1, 0.15) is 5.82 Å². The van der Waals surface area contributed by atoms with Crippen LogP contribution in [0.1, 0.15) is 49.3 Å². The average Bonchev–Trinajstić information content (AvgIpc) is 2.82. The van der Waals surface area contributed by atoms with Crippen LogP contribution in [0.2, 0.25) is 0 Å². The minimum Gasteiger partial charge on any atom is -0.352 e. The Morgan fingerprint density at radius 1 is 0.812 bits per heavy atom. The number of hydrogen-bond donors (Lipinski definition) is 1. The van der Waals surface area contributed by atoms with Gasteiger partial charge in [-0.1, -0.05) is 43.3 Å². The average molecular weight is 438 g/mol. The number of rotatable bonds is 7. The molecule has 0 aromatic heterocycles. The van der Waals surface area contributed by atoms with Gasteiger partial charge in [0.05, 0.1) is 0 Å². The van der Waals surface area contributed by atoms with E-state index in [1.54, 1.807) is 0 Å². The minimum absolute atomic E-state index is 0.0836. The molecule has 1 amide bonds. The smallest absolute Gasteiger partial charge is 0.223 e. The van der Waals surface area contributed by atoms with Crippen molar-refractivity contribution in [3.8, 4) is 0 Å². The van der Waals surface area contributed by atoms with Crippen LogP contribution < -0.4 is 5.32 Å². The molecule has 0 aliphatic carbocycles. The molecule has 2 aromatic rings. The minimum atomic E-state index is -0.199. The number of amides is 1. The van der Waals surface area contributed by atoms with E-state index in [-0.39, 0.29) is 17.6 Å². The molecule has 32 heavy (non-hydrogen) atoms. The Morgan fingerprint density at radius 2 is 1.28 bits per heavy atom. The van der Waals surface area contributed by atoms with E-state index >= 15 is 0 Å². The van der Waals surface area contributed by atoms with Crippen LogP contribution in [0.15, 0.2) is 48.5 Å². The molecular weight excluding hydrogens is 401 g/mol. The van der Waals surface area contributed by atoms with E-state index in [2.05, 4.69) is 46.3 Å². The summed E-state index contributed by atoms with van der Waals surface area (Å²) in [6, 6.07) is 15.4. The summed E-state index contributed by atoms with van der Waals surface area (Å²) < 4.78 is 13.1. The van der Waals surface area contributed by atoms with Crippen LogP contribution in [0.4, 0.5) is 4.39 Å². The van der Waals surface area contributed by atoms with E-state index < -0.39 is 0 Å². The fraction of sp³-hybridized carbons (Fsp3) is 0.519. The Balaban J connectivity index is 1.17. The number of carbonyl (C=O) groups is 1. The Bertz CT molecular complexity index is 851. The van der Waals surface area contributed by atoms with Gasteiger partial charge in [-0.2, -0.15) is 0 Å². The van der Waals surface area contributed by atoms with E-state index in [4.69, 9.17) is 0 Å². The van der Waals surface area contributed by atoms with Crippen LogP contribution in [0.5, 0.6) is 0 Å². The predicted molar refractivity (Wildman–Crippen MR) is 126 cm³/mol. The number of carbonyl (C=O) groups excluding carboxylic acids is 1. The molecule has 2 saturated heterocycles. The summed E-state index contributed by atoms with van der Waals surface area (Å²) in [4.78, 5) is 17.5. The second-order valence-electron chi connectivity index (χ2n) is 9.67. The molecule has 0 unspecified atom stereocenters. The monoisotopic (exact) mass is 437 g/mol. The van der Waals surface area contributed by atoms with Crippen LogP contribution in [0.3, 0.4) is 0 Å². The number of likely N-dealkylation sites (tertiary alicyclic amines) is 2. The maximum Gasteiger partial charge on any atom is 0.223 e. The summed E-state index contributed by atoms with van der Waals surface area (Å²) in [5.41, 5.74) is 3.62. The molecule has 1 N–H and O–H groups in total. The Kier molecular flexibility index (Phi) is 7.93. The van der Waals surface area contributed by atoms with Crippen molar-refractivity contribution in [1.82, 2.24) is 15.1 Å². The second-order valence-corrected chi connectivity index (χ2v) is 9.67. The zero-order valence-corrected chi connectivity index (χ0v) is 19.2. The van der Waals surface area contributed by atoms with Gasteiger partial charge < -0.3 is 5.32 Å². The predicted octanol–water partition coefficient (Wildman–Crippen LogP) is 4.59. The molecule has 0 saturated carbocycles. The Labute approximate surface area is 191 Å². The summed E-state index contributed by atoms with van der Waals surface area (Å²) in [5.74, 6) is 0.910. The van der Waals surface area contributed by atoms with Gasteiger partial charge in [-0.3, -0.25) is 14.6 Å². The van der Waals surface area contributed by atoms with Gasteiger partial charge in [0, 0.05) is 25.6 Å². The van der Waals surface area contributed by atoms with E-state index in [1.807, 2.05) is 12.1 Å². The lowest BCUT2D eigenvalue weighted by Gasteiger charge is -2.31. The fourth-order valence-corrected chi connectivity index (χ4v) is 4.78. The number of hydrogen-bond acceptors (Lipinski definition) is 3. The molecule has 2 fully saturated rings. The molecule has 2 aromatic carbocycles. The van der Waals surface area contributed by atoms with Gasteiger partial charge in [-0.05, 0) is 86.6 Å². The topological polar surface area (TPSA) is 35.6 Å². The molecule has 2 aliphatic heterocycles. The maximum absolute atomic E-state index is 13.1. The number of nitrogens with one attached hydrogen (secondary N) is 1. The van der Waals surface area contributed by atoms with Crippen LogP contribution in [0, 0.1) is 17.7 Å². The van der Waals surface area contributed by atoms with Gasteiger partial charge in [-0.25, -0.2) is 4.39 Å². The normalized spacial score (nSPS) is 19.2. The molecule has 4 rings (SSSR count). The SMILES string of the molecule is CC1CCN(Cc2ccc(CNC(=O)C3CCN(Cc4ccc(F)cc4)CC3)cc2)CC1. The lowest BCUT2D eigenvalue weighted by Crippen LogP contribution is -2.40. The fourth-order valence-electron chi connectivity index (χ4n) is 4.78. The van der Waals surface area contributed by atoms with Crippen LogP contribution >= 0.6 is 0 Å². The molecule has 0 bridgehead atoms. The lowest BCUT2D eigenvalue weighted by molar-refractivity contribution is -0.126. The van der Waals surface area contributed by atoms with Crippen LogP contribution in [-0.4, -0.2) is 41.9 Å². The molecule has 5 heteroatoms. The summed E-state index contributed by atoms with van der Waals surface area (Å²) in [5, 5.41) is 3.14. The Morgan fingerprint density at radius 3 is 1.84 bits per heavy atom. The molecule has 4 nitrogen and oxygen atoms in total. The maximum atomic E-state index is 13.1. The molecule has 0 radical (unpaired) electrons. The number of halogens is 1. The highest BCUT2D eigenvalue weighted by Gasteiger charge is 2.24. The highest BCUT2D eigenvalue weighted by atomic mass is 19.1. The number of piperidine rings is 2. The second kappa shape index (κ2) is 11.1. The lowest BCUT2D eigenvalue weighted by atomic mass is 9.95. The van der Waals surface area contributed by atoms with E-state index in [1.165, 1.54) is 43.6 Å². The van der Waals surface area contributed by atoms with Crippen molar-refractivity contribution in [2.45, 2.75) is 52.2 Å². The van der Waals surface area contributed by atoms with Crippen molar-refractivity contribution in [2.75, 3.05) is 26.2 Å². The van der Waals surface area contributed by atoms with Crippen LogP contribution in [-0.2, 0) is 24.4 Å². The number of benzene rings is 2. The highest BCUT2D eigenvalue weighted by molar-refractivity contribution is 5.78. The molecule has 2 heterocycles. The first kappa shape index (κ1) is 22.9. The highest BCUT2D eigenvalue weighted by Crippen LogP contribution is 2.20. The van der Waals surface area contributed by atoms with E-state index in [0.717, 1.165) is 56.1 Å². The van der Waals surface area contributed by atoms with Crippen LogP contribution in [0.25, 0.3) is 0 Å². The third-order valence-electron chi connectivity index (χ3n) is 7.05. The van der Waals surface area contributed by atoms with Crippen molar-refractivity contribution < 1.29 is 9.18 Å². The zero-order chi connectivity index (χ0) is 22.3. The van der Waals surface area contributed by atoms with Gasteiger partial charge in [0.25, 0.3) is 0 Å². The third kappa shape index (κ3) is 6.63. The molecule has 0 spiro atoms. The van der Waals surface area contributed by atoms with Gasteiger partial charge in [0.2, 0.25) is 5.91 Å². The van der Waals surface area contributed by atoms with Crippen molar-refractivity contribution in [3.63, 3.8) is 0 Å². The van der Waals surface area contributed by atoms with Gasteiger partial charge in [-0.15, -0.1) is 0 Å². The standard InChI is InChI=1S/C27H36FN3O/c1-21-10-14-30(15-11-21)19-23-4-2-22(3-5-23)18-29-27(32)25-12-16-31(17-13-25)20-24-6-8-26(28)9-7-24/h2-9,21,25H,10-20H2,1H3,(H,29,32). The van der Waals surface area contributed by atoms with E-state index in [9.17, 15) is 9.18 Å². The van der Waals surface area contributed by atoms with Gasteiger partial charge >= 0.3 is 0 Å². The summed E-state index contributed by atoms with van der Waals surface area (Å²) in [7, 11) is 0. The third-order valence-corrected chi connectivity index (χ3v) is 7.05. The molecule has 172 valence electrons. The molecule has 0 atom stereocenters. The summed E-state index contributed by atoms with van der Waals surface area (Å²) >= 11 is 0. The largest absolute Gasteiger partial charge is 0.352 e. The van der Waals surface area contributed by atoms with Crippen molar-refractivity contribution in [1.29, 1.82) is 0 Å². The van der Waals surface area contributed by atoms with Gasteiger partial charge in [0.15, 0.2) is 0 Å². The molecular formula is C27H36FN3O. The first-order valence-electron chi connectivity index (χ1n) is 12.1. The first-order chi connectivity index (χ1) is 15.5. The quantitative estimate of drug-likeness (QED) is 0.688. The van der Waals surface area contributed by atoms with Crippen molar-refractivity contribution in [3.05, 3.63) is 71.0 Å².